The SMILES string of the molecule is Cc1nc(NC(=O)Nc2ccc(F)cc2)sc1C(=O)N1CCCC1. The summed E-state index contributed by atoms with van der Waals surface area (Å²) < 4.78 is 12.8. The Morgan fingerprint density at radius 1 is 1.17 bits per heavy atom. The number of aryl methyl sites for hydroxylation is 1. The molecule has 126 valence electrons. The lowest BCUT2D eigenvalue weighted by molar-refractivity contribution is 0.0796. The standard InChI is InChI=1S/C16H17FN4O2S/c1-10-13(14(22)21-8-2-3-9-21)24-16(18-10)20-15(23)19-12-6-4-11(17)5-7-12/h4-7H,2-3,8-9H2,1H3,(H2,18,19,20,23). The van der Waals surface area contributed by atoms with Gasteiger partial charge in [-0.1, -0.05) is 11.3 Å². The number of amides is 3. The Hall–Kier alpha value is -2.48. The van der Waals surface area contributed by atoms with Crippen molar-refractivity contribution in [2.45, 2.75) is 19.8 Å². The predicted octanol–water partition coefficient (Wildman–Crippen LogP) is 3.47. The fourth-order valence-electron chi connectivity index (χ4n) is 2.50. The van der Waals surface area contributed by atoms with Gasteiger partial charge in [0.25, 0.3) is 5.91 Å². The Labute approximate surface area is 142 Å². The summed E-state index contributed by atoms with van der Waals surface area (Å²) in [4.78, 5) is 31.0. The maximum Gasteiger partial charge on any atom is 0.325 e. The minimum Gasteiger partial charge on any atom is -0.338 e. The number of nitrogens with one attached hydrogen (secondary N) is 2. The monoisotopic (exact) mass is 348 g/mol. The molecule has 0 saturated carbocycles. The van der Waals surface area contributed by atoms with Gasteiger partial charge in [-0.2, -0.15) is 0 Å². The molecule has 0 unspecified atom stereocenters. The smallest absolute Gasteiger partial charge is 0.325 e. The first-order chi connectivity index (χ1) is 11.5. The summed E-state index contributed by atoms with van der Waals surface area (Å²) in [7, 11) is 0. The third-order valence-corrected chi connectivity index (χ3v) is 4.77. The zero-order valence-electron chi connectivity index (χ0n) is 13.1. The molecule has 2 aromatic rings. The molecule has 1 fully saturated rings. The lowest BCUT2D eigenvalue weighted by Gasteiger charge is -2.13. The summed E-state index contributed by atoms with van der Waals surface area (Å²) in [6.45, 7) is 3.29. The number of likely N-dealkylation sites (tertiary alicyclic amines) is 1. The number of aromatic nitrogens is 1. The molecule has 0 aliphatic carbocycles. The number of hydrogen-bond acceptors (Lipinski definition) is 4. The van der Waals surface area contributed by atoms with Crippen LogP contribution in [0.1, 0.15) is 28.2 Å². The lowest BCUT2D eigenvalue weighted by Crippen LogP contribution is -2.27. The zero-order valence-corrected chi connectivity index (χ0v) is 14.0. The number of benzene rings is 1. The van der Waals surface area contributed by atoms with E-state index in [1.165, 1.54) is 24.3 Å². The van der Waals surface area contributed by atoms with Crippen molar-refractivity contribution in [1.29, 1.82) is 0 Å². The van der Waals surface area contributed by atoms with E-state index in [2.05, 4.69) is 15.6 Å². The summed E-state index contributed by atoms with van der Waals surface area (Å²) in [5.41, 5.74) is 1.07. The quantitative estimate of drug-likeness (QED) is 0.892. The molecule has 0 atom stereocenters. The van der Waals surface area contributed by atoms with Gasteiger partial charge >= 0.3 is 6.03 Å². The number of rotatable bonds is 3. The Morgan fingerprint density at radius 2 is 1.83 bits per heavy atom. The highest BCUT2D eigenvalue weighted by atomic mass is 32.1. The van der Waals surface area contributed by atoms with E-state index < -0.39 is 6.03 Å². The van der Waals surface area contributed by atoms with Crippen molar-refractivity contribution in [2.75, 3.05) is 23.7 Å². The molecule has 3 rings (SSSR count). The van der Waals surface area contributed by atoms with Gasteiger partial charge in [0.05, 0.1) is 5.69 Å². The van der Waals surface area contributed by atoms with Crippen LogP contribution in [0.2, 0.25) is 0 Å². The average molecular weight is 348 g/mol. The molecule has 24 heavy (non-hydrogen) atoms. The lowest BCUT2D eigenvalue weighted by atomic mass is 10.3. The van der Waals surface area contributed by atoms with Gasteiger partial charge in [0.2, 0.25) is 0 Å². The van der Waals surface area contributed by atoms with Gasteiger partial charge in [0, 0.05) is 18.8 Å². The second-order valence-electron chi connectivity index (χ2n) is 5.52. The number of halogens is 1. The average Bonchev–Trinajstić information content (AvgIpc) is 3.19. The highest BCUT2D eigenvalue weighted by molar-refractivity contribution is 7.17. The van der Waals surface area contributed by atoms with Crippen molar-refractivity contribution in [3.63, 3.8) is 0 Å². The summed E-state index contributed by atoms with van der Waals surface area (Å²) >= 11 is 1.16. The van der Waals surface area contributed by atoms with Crippen LogP contribution in [0.3, 0.4) is 0 Å². The summed E-state index contributed by atoms with van der Waals surface area (Å²) in [5, 5.41) is 5.55. The topological polar surface area (TPSA) is 74.3 Å². The van der Waals surface area contributed by atoms with Gasteiger partial charge in [-0.3, -0.25) is 10.1 Å². The van der Waals surface area contributed by atoms with E-state index in [1.54, 1.807) is 6.92 Å². The number of urea groups is 1. The molecule has 3 amide bonds. The van der Waals surface area contributed by atoms with E-state index in [1.807, 2.05) is 4.90 Å². The Kier molecular flexibility index (Phi) is 4.75. The number of carbonyl (C=O) groups excluding carboxylic acids is 2. The maximum atomic E-state index is 12.8. The van der Waals surface area contributed by atoms with Crippen LogP contribution < -0.4 is 10.6 Å². The fourth-order valence-corrected chi connectivity index (χ4v) is 3.43. The van der Waals surface area contributed by atoms with Gasteiger partial charge in [0.15, 0.2) is 5.13 Å². The van der Waals surface area contributed by atoms with Crippen LogP contribution in [0.4, 0.5) is 20.0 Å². The van der Waals surface area contributed by atoms with Crippen LogP contribution in [0, 0.1) is 12.7 Å². The number of carbonyl (C=O) groups is 2. The third kappa shape index (κ3) is 3.70. The van der Waals surface area contributed by atoms with Crippen LogP contribution in [0.25, 0.3) is 0 Å². The van der Waals surface area contributed by atoms with Crippen LogP contribution in [0.5, 0.6) is 0 Å². The van der Waals surface area contributed by atoms with Crippen molar-refractivity contribution in [3.05, 3.63) is 40.7 Å². The number of nitrogens with zero attached hydrogens (tertiary/aromatic N) is 2. The summed E-state index contributed by atoms with van der Waals surface area (Å²) in [6, 6.07) is 4.95. The third-order valence-electron chi connectivity index (χ3n) is 3.71. The zero-order chi connectivity index (χ0) is 17.1. The van der Waals surface area contributed by atoms with Gasteiger partial charge in [0.1, 0.15) is 10.7 Å². The fraction of sp³-hybridized carbons (Fsp3) is 0.312. The molecular formula is C16H17FN4O2S. The highest BCUT2D eigenvalue weighted by Gasteiger charge is 2.24. The summed E-state index contributed by atoms with van der Waals surface area (Å²) in [6.07, 6.45) is 2.05. The normalized spacial score (nSPS) is 13.8. The second kappa shape index (κ2) is 6.96. The van der Waals surface area contributed by atoms with E-state index in [9.17, 15) is 14.0 Å². The molecule has 1 aromatic carbocycles. The molecular weight excluding hydrogens is 331 g/mol. The molecule has 2 heterocycles. The Morgan fingerprint density at radius 3 is 2.50 bits per heavy atom. The molecule has 0 spiro atoms. The molecule has 6 nitrogen and oxygen atoms in total. The van der Waals surface area contributed by atoms with Crippen molar-refractivity contribution >= 4 is 34.1 Å². The van der Waals surface area contributed by atoms with Crippen LogP contribution in [-0.2, 0) is 0 Å². The van der Waals surface area contributed by atoms with Gasteiger partial charge < -0.3 is 10.2 Å². The molecule has 0 bridgehead atoms. The first-order valence-electron chi connectivity index (χ1n) is 7.63. The molecule has 1 saturated heterocycles. The van der Waals surface area contributed by atoms with Gasteiger partial charge in [-0.05, 0) is 44.0 Å². The van der Waals surface area contributed by atoms with E-state index in [-0.39, 0.29) is 11.7 Å². The van der Waals surface area contributed by atoms with Crippen molar-refractivity contribution in [3.8, 4) is 0 Å². The Balaban J connectivity index is 1.65. The first-order valence-corrected chi connectivity index (χ1v) is 8.45. The van der Waals surface area contributed by atoms with Crippen LogP contribution >= 0.6 is 11.3 Å². The minimum absolute atomic E-state index is 0.0329. The molecule has 1 aliphatic rings. The first kappa shape index (κ1) is 16.4. The number of anilines is 2. The van der Waals surface area contributed by atoms with Gasteiger partial charge in [-0.25, -0.2) is 14.2 Å². The minimum atomic E-state index is -0.490. The number of hydrogen-bond donors (Lipinski definition) is 2. The molecule has 8 heteroatoms. The van der Waals surface area contributed by atoms with E-state index in [0.29, 0.717) is 21.4 Å². The van der Waals surface area contributed by atoms with Crippen LogP contribution in [0.15, 0.2) is 24.3 Å². The molecule has 2 N–H and O–H groups in total. The number of thiazole rings is 1. The highest BCUT2D eigenvalue weighted by Crippen LogP contribution is 2.25. The van der Waals surface area contributed by atoms with E-state index in [0.717, 1.165) is 37.3 Å². The molecule has 0 radical (unpaired) electrons. The van der Waals surface area contributed by atoms with E-state index >= 15 is 0 Å². The van der Waals surface area contributed by atoms with Crippen LogP contribution in [-0.4, -0.2) is 34.9 Å². The van der Waals surface area contributed by atoms with Crippen molar-refractivity contribution in [2.24, 2.45) is 0 Å². The van der Waals surface area contributed by atoms with Crippen molar-refractivity contribution < 1.29 is 14.0 Å². The van der Waals surface area contributed by atoms with E-state index in [4.69, 9.17) is 0 Å². The van der Waals surface area contributed by atoms with Crippen molar-refractivity contribution in [1.82, 2.24) is 9.88 Å². The Bertz CT molecular complexity index is 754. The molecule has 1 aromatic heterocycles. The maximum absolute atomic E-state index is 12.8. The second-order valence-corrected chi connectivity index (χ2v) is 6.52. The summed E-state index contributed by atoms with van der Waals surface area (Å²) in [5.74, 6) is -0.406. The predicted molar refractivity (Wildman–Crippen MR) is 91.0 cm³/mol. The van der Waals surface area contributed by atoms with Gasteiger partial charge in [-0.15, -0.1) is 0 Å². The molecule has 1 aliphatic heterocycles. The largest absolute Gasteiger partial charge is 0.338 e.